The third-order valence-electron chi connectivity index (χ3n) is 14.5. The number of likely N-dealkylation sites (N-methyl/N-ethyl adjacent to an activating group) is 1. The lowest BCUT2D eigenvalue weighted by atomic mass is 9.39. The fraction of sp³-hybridized carbons (Fsp3) is 0.571. The number of pyridine rings is 1. The van der Waals surface area contributed by atoms with Crippen molar-refractivity contribution in [1.29, 1.82) is 0 Å². The zero-order chi connectivity index (χ0) is 51.9. The zero-order valence-electron chi connectivity index (χ0n) is 44.2. The lowest BCUT2D eigenvalue weighted by Crippen LogP contribution is -2.64. The Balaban J connectivity index is 1.00. The van der Waals surface area contributed by atoms with E-state index in [1.165, 1.54) is 7.11 Å². The van der Waals surface area contributed by atoms with Crippen molar-refractivity contribution in [3.8, 4) is 16.9 Å². The largest absolute Gasteiger partial charge is 0.491 e. The number of rotatable bonds is 16. The van der Waals surface area contributed by atoms with Crippen LogP contribution in [0.4, 0.5) is 15.4 Å². The number of benzene rings is 2. The van der Waals surface area contributed by atoms with Gasteiger partial charge >= 0.3 is 24.1 Å². The van der Waals surface area contributed by atoms with E-state index in [0.717, 1.165) is 66.5 Å². The first-order chi connectivity index (χ1) is 33.9. The van der Waals surface area contributed by atoms with E-state index < -0.39 is 29.2 Å². The average molecular weight is 991 g/mol. The minimum absolute atomic E-state index is 0.0640. The maximum Gasteiger partial charge on any atom is 0.410 e. The minimum atomic E-state index is -0.785. The number of hydrogen-bond donors (Lipinski definition) is 1. The summed E-state index contributed by atoms with van der Waals surface area (Å²) in [5.74, 6) is 0.124. The van der Waals surface area contributed by atoms with Crippen molar-refractivity contribution >= 4 is 29.9 Å². The normalized spacial score (nSPS) is 23.2. The molecule has 4 bridgehead atoms. The quantitative estimate of drug-likeness (QED) is 0.0639. The highest BCUT2D eigenvalue weighted by Gasteiger charge is 2.66. The van der Waals surface area contributed by atoms with Crippen LogP contribution < -0.4 is 15.0 Å². The Morgan fingerprint density at radius 3 is 2.19 bits per heavy atom. The molecule has 2 atom stereocenters. The molecule has 2 amide bonds. The number of methoxy groups -OCH3 is 1. The Morgan fingerprint density at radius 2 is 1.51 bits per heavy atom. The van der Waals surface area contributed by atoms with E-state index in [9.17, 15) is 19.2 Å². The van der Waals surface area contributed by atoms with E-state index in [1.54, 1.807) is 24.1 Å². The predicted molar refractivity (Wildman–Crippen MR) is 272 cm³/mol. The van der Waals surface area contributed by atoms with E-state index in [-0.39, 0.29) is 53.4 Å². The topological polar surface area (TPSA) is 173 Å². The lowest BCUT2D eigenvalue weighted by Gasteiger charge is -2.69. The Bertz CT molecular complexity index is 2650. The van der Waals surface area contributed by atoms with Gasteiger partial charge < -0.3 is 43.5 Å². The van der Waals surface area contributed by atoms with Gasteiger partial charge in [-0.1, -0.05) is 44.2 Å². The molecule has 4 aliphatic carbocycles. The van der Waals surface area contributed by atoms with Crippen molar-refractivity contribution in [2.75, 3.05) is 51.9 Å². The summed E-state index contributed by atoms with van der Waals surface area (Å²) in [4.78, 5) is 61.2. The van der Waals surface area contributed by atoms with Crippen LogP contribution in [0.25, 0.3) is 11.1 Å². The van der Waals surface area contributed by atoms with Crippen molar-refractivity contribution in [2.24, 2.45) is 16.2 Å². The number of anilines is 1. The second-order valence-corrected chi connectivity index (χ2v) is 23.6. The molecule has 0 saturated heterocycles. The predicted octanol–water partition coefficient (Wildman–Crippen LogP) is 9.87. The second kappa shape index (κ2) is 20.0. The average Bonchev–Trinajstić information content (AvgIpc) is 3.64. The van der Waals surface area contributed by atoms with E-state index >= 15 is 0 Å². The van der Waals surface area contributed by atoms with E-state index in [0.29, 0.717) is 61.9 Å². The summed E-state index contributed by atoms with van der Waals surface area (Å²) in [6, 6.07) is 16.7. The molecule has 2 unspecified atom stereocenters. The Hall–Kier alpha value is -6.16. The van der Waals surface area contributed by atoms with Gasteiger partial charge in [0.15, 0.2) is 5.69 Å². The summed E-state index contributed by atoms with van der Waals surface area (Å²) in [7, 11) is 3.11. The van der Waals surface area contributed by atoms with E-state index in [1.807, 2.05) is 95.1 Å². The molecule has 1 aliphatic heterocycles. The van der Waals surface area contributed by atoms with Crippen molar-refractivity contribution in [3.63, 3.8) is 0 Å². The van der Waals surface area contributed by atoms with Crippen LogP contribution in [0.3, 0.4) is 0 Å². The Kier molecular flexibility index (Phi) is 14.5. The first-order valence-electron chi connectivity index (χ1n) is 25.3. The maximum atomic E-state index is 14.2. The van der Waals surface area contributed by atoms with Gasteiger partial charge in [0.25, 0.3) is 0 Å². The molecule has 16 heteroatoms. The summed E-state index contributed by atoms with van der Waals surface area (Å²) < 4.78 is 37.4. The minimum Gasteiger partial charge on any atom is -0.491 e. The molecule has 4 saturated carbocycles. The number of fused-ring (bicyclic) bond motifs is 1. The monoisotopic (exact) mass is 991 g/mol. The molecule has 0 spiro atoms. The van der Waals surface area contributed by atoms with Crippen LogP contribution in [0.5, 0.6) is 5.75 Å². The number of alkyl carbamates (subject to hydrolysis) is 1. The van der Waals surface area contributed by atoms with Crippen LogP contribution in [-0.4, -0.2) is 108 Å². The molecule has 72 heavy (non-hydrogen) atoms. The Labute approximate surface area is 424 Å². The number of hydrogen-bond acceptors (Lipinski definition) is 13. The molecule has 4 fully saturated rings. The van der Waals surface area contributed by atoms with Crippen molar-refractivity contribution in [2.45, 2.75) is 144 Å². The summed E-state index contributed by atoms with van der Waals surface area (Å²) in [6.07, 6.45) is 7.62. The molecule has 3 heterocycles. The first-order valence-corrected chi connectivity index (χ1v) is 25.3. The van der Waals surface area contributed by atoms with Crippen LogP contribution in [0.1, 0.15) is 137 Å². The Morgan fingerprint density at radius 1 is 0.806 bits per heavy atom. The molecule has 16 nitrogen and oxygen atoms in total. The van der Waals surface area contributed by atoms with Crippen molar-refractivity contribution in [1.82, 2.24) is 25.0 Å². The van der Waals surface area contributed by atoms with Crippen LogP contribution in [0, 0.1) is 23.2 Å². The lowest BCUT2D eigenvalue weighted by molar-refractivity contribution is -0.248. The molecule has 5 aliphatic rings. The molecule has 2 aromatic carbocycles. The van der Waals surface area contributed by atoms with Gasteiger partial charge in [0.05, 0.1) is 37.6 Å². The first kappa shape index (κ1) is 52.2. The smallest absolute Gasteiger partial charge is 0.410 e. The van der Waals surface area contributed by atoms with Gasteiger partial charge in [0.2, 0.25) is 0 Å². The van der Waals surface area contributed by atoms with Crippen LogP contribution >= 0.6 is 0 Å². The number of aromatic nitrogens is 3. The highest BCUT2D eigenvalue weighted by Crippen LogP contribution is 2.72. The fourth-order valence-electron chi connectivity index (χ4n) is 12.9. The molecular formula is C56H74N6O10. The SMILES string of the molecule is COC(=O)c1ccc(OCCNC(=O)OCc2ccccc2)c2c1CN(c1ccc(-c3cnn(CC45CC6(C)CC(C)(C4)CC(OCCN(C)C(=O)OC(C)(C)C)(C6)C5)c3C)c(C(=O)OC(C)(C)C)n1)CC2. The number of carbonyl (C=O) groups is 4. The number of esters is 2. The standard InChI is InChI=1S/C56H74N6O10/c1-37-42(27-58-62(37)36-55-31-53(8)30-54(9,32-55)34-56(33-53,35-55)70-26-24-60(10)50(66)72-52(5,6)7)40-18-20-45(59-46(40)48(64)71-51(2,3)4)61-23-21-39-43(28-61)41(47(63)67-11)17-19-44(39)68-25-22-57-49(65)69-29-38-15-13-12-14-16-38/h12-20,27H,21-26,28-36H2,1-11H3,(H,57,65). The molecule has 9 rings (SSSR count). The third kappa shape index (κ3) is 11.9. The highest BCUT2D eigenvalue weighted by atomic mass is 16.6. The summed E-state index contributed by atoms with van der Waals surface area (Å²) in [6.45, 7) is 21.0. The van der Waals surface area contributed by atoms with Gasteiger partial charge in [0, 0.05) is 55.6 Å². The summed E-state index contributed by atoms with van der Waals surface area (Å²) >= 11 is 0. The number of nitrogens with zero attached hydrogens (tertiary/aromatic N) is 5. The fourth-order valence-corrected chi connectivity index (χ4v) is 12.9. The summed E-state index contributed by atoms with van der Waals surface area (Å²) in [5.41, 5.74) is 3.89. The van der Waals surface area contributed by atoms with Gasteiger partial charge in [0.1, 0.15) is 36.0 Å². The molecule has 2 aromatic heterocycles. The van der Waals surface area contributed by atoms with E-state index in [2.05, 4.69) is 30.8 Å². The number of carbonyl (C=O) groups excluding carboxylic acids is 4. The number of ether oxygens (including phenoxy) is 6. The number of amides is 2. The maximum absolute atomic E-state index is 14.2. The van der Waals surface area contributed by atoms with Gasteiger partial charge in [-0.05, 0) is 145 Å². The highest BCUT2D eigenvalue weighted by molar-refractivity contribution is 5.96. The summed E-state index contributed by atoms with van der Waals surface area (Å²) in [5, 5.41) is 7.76. The molecular weight excluding hydrogens is 917 g/mol. The molecule has 4 aromatic rings. The van der Waals surface area contributed by atoms with Gasteiger partial charge in [-0.15, -0.1) is 0 Å². The molecule has 1 N–H and O–H groups in total. The third-order valence-corrected chi connectivity index (χ3v) is 14.5. The van der Waals surface area contributed by atoms with Crippen molar-refractivity contribution < 1.29 is 47.6 Å². The molecule has 388 valence electrons. The van der Waals surface area contributed by atoms with Crippen LogP contribution in [0.2, 0.25) is 0 Å². The van der Waals surface area contributed by atoms with Gasteiger partial charge in [-0.3, -0.25) is 4.68 Å². The second-order valence-electron chi connectivity index (χ2n) is 23.6. The van der Waals surface area contributed by atoms with Crippen LogP contribution in [-0.2, 0) is 49.8 Å². The van der Waals surface area contributed by atoms with Gasteiger partial charge in [-0.2, -0.15) is 5.10 Å². The molecule has 0 radical (unpaired) electrons. The van der Waals surface area contributed by atoms with Crippen molar-refractivity contribution in [3.05, 3.63) is 94.4 Å². The zero-order valence-corrected chi connectivity index (χ0v) is 44.2. The number of nitrogens with one attached hydrogen (secondary N) is 1. The van der Waals surface area contributed by atoms with E-state index in [4.69, 9.17) is 38.5 Å². The van der Waals surface area contributed by atoms with Gasteiger partial charge in [-0.25, -0.2) is 24.2 Å². The van der Waals surface area contributed by atoms with Crippen LogP contribution in [0.15, 0.2) is 60.8 Å².